The Kier molecular flexibility index (Phi) is 7.07. The van der Waals surface area contributed by atoms with Crippen molar-refractivity contribution in [2.24, 2.45) is 5.73 Å². The van der Waals surface area contributed by atoms with Gasteiger partial charge < -0.3 is 31.7 Å². The summed E-state index contributed by atoms with van der Waals surface area (Å²) in [7, 11) is 0. The van der Waals surface area contributed by atoms with Crippen molar-refractivity contribution in [1.29, 1.82) is 0 Å². The van der Waals surface area contributed by atoms with Crippen LogP contribution in [0.2, 0.25) is 0 Å². The Hall–Kier alpha value is -2.98. The number of phenolic OH excluding ortho intramolecular Hbond substituents is 1. The number of benzene rings is 1. The van der Waals surface area contributed by atoms with E-state index in [-0.39, 0.29) is 17.2 Å². The molecule has 10 heteroatoms. The highest BCUT2D eigenvalue weighted by Gasteiger charge is 2.36. The average Bonchev–Trinajstić information content (AvgIpc) is 2.66. The lowest BCUT2D eigenvalue weighted by molar-refractivity contribution is -0.142. The fourth-order valence-corrected chi connectivity index (χ4v) is 3.76. The molecule has 9 nitrogen and oxygen atoms in total. The van der Waals surface area contributed by atoms with Crippen LogP contribution in [0.5, 0.6) is 5.75 Å². The molecule has 1 heterocycles. The van der Waals surface area contributed by atoms with E-state index in [0.29, 0.717) is 11.1 Å². The van der Waals surface area contributed by atoms with Crippen LogP contribution in [0.1, 0.15) is 18.5 Å². The predicted molar refractivity (Wildman–Crippen MR) is 103 cm³/mol. The van der Waals surface area contributed by atoms with Crippen LogP contribution in [0.15, 0.2) is 47.7 Å². The van der Waals surface area contributed by atoms with Crippen molar-refractivity contribution >= 4 is 29.6 Å². The number of allylic oxidation sites excluding steroid dienone is 2. The minimum atomic E-state index is -1.40. The number of thioether (sulfide) groups is 1. The Bertz CT molecular complexity index is 821. The summed E-state index contributed by atoms with van der Waals surface area (Å²) in [6.07, 6.45) is 3.32. The van der Waals surface area contributed by atoms with Crippen LogP contribution in [0.25, 0.3) is 0 Å². The first-order valence-corrected chi connectivity index (χ1v) is 9.34. The molecule has 1 amide bonds. The summed E-state index contributed by atoms with van der Waals surface area (Å²) in [6, 6.07) is 3.09. The maximum Gasteiger partial charge on any atom is 0.352 e. The van der Waals surface area contributed by atoms with Gasteiger partial charge in [0.15, 0.2) is 6.04 Å². The first-order chi connectivity index (χ1) is 13.2. The summed E-state index contributed by atoms with van der Waals surface area (Å²) >= 11 is 1.17. The number of aliphatic carboxylic acids is 2. The molecule has 0 aromatic heterocycles. The normalized spacial score (nSPS) is 19.0. The molecule has 1 aliphatic heterocycles. The molecule has 1 aliphatic rings. The zero-order valence-electron chi connectivity index (χ0n) is 15.0. The van der Waals surface area contributed by atoms with E-state index >= 15 is 0 Å². The van der Waals surface area contributed by atoms with Gasteiger partial charge in [0.2, 0.25) is 5.91 Å². The number of hydrogen-bond donors (Lipinski definition) is 6. The van der Waals surface area contributed by atoms with Crippen molar-refractivity contribution in [3.8, 4) is 5.75 Å². The van der Waals surface area contributed by atoms with Crippen molar-refractivity contribution in [2.45, 2.75) is 24.4 Å². The lowest BCUT2D eigenvalue weighted by Crippen LogP contribution is -2.56. The molecular weight excluding hydrogens is 386 g/mol. The molecule has 0 fully saturated rings. The van der Waals surface area contributed by atoms with Crippen molar-refractivity contribution in [1.82, 2.24) is 10.6 Å². The summed E-state index contributed by atoms with van der Waals surface area (Å²) in [4.78, 5) is 35.6. The summed E-state index contributed by atoms with van der Waals surface area (Å²) in [5.74, 6) is -2.99. The highest BCUT2D eigenvalue weighted by atomic mass is 32.2. The third kappa shape index (κ3) is 5.05. The Labute approximate surface area is 165 Å². The molecule has 7 N–H and O–H groups in total. The summed E-state index contributed by atoms with van der Waals surface area (Å²) in [6.45, 7) is 1.74. The fourth-order valence-electron chi connectivity index (χ4n) is 2.58. The number of phenols is 1. The van der Waals surface area contributed by atoms with Gasteiger partial charge in [-0.3, -0.25) is 4.79 Å². The van der Waals surface area contributed by atoms with Crippen molar-refractivity contribution in [3.63, 3.8) is 0 Å². The minimum Gasteiger partial charge on any atom is -0.508 e. The van der Waals surface area contributed by atoms with Gasteiger partial charge in [0.05, 0.1) is 0 Å². The fraction of sp³-hybridized carbons (Fsp3) is 0.278. The maximum atomic E-state index is 12.4. The number of carboxylic acids is 2. The van der Waals surface area contributed by atoms with Crippen LogP contribution in [0.3, 0.4) is 0 Å². The lowest BCUT2D eigenvalue weighted by atomic mass is 10.1. The molecule has 0 spiro atoms. The van der Waals surface area contributed by atoms with Crippen LogP contribution < -0.4 is 16.4 Å². The molecule has 0 aliphatic carbocycles. The van der Waals surface area contributed by atoms with Crippen molar-refractivity contribution in [3.05, 3.63) is 53.3 Å². The topological polar surface area (TPSA) is 162 Å². The molecule has 28 heavy (non-hydrogen) atoms. The molecule has 0 saturated heterocycles. The van der Waals surface area contributed by atoms with E-state index in [1.165, 1.54) is 36.0 Å². The van der Waals surface area contributed by atoms with Crippen molar-refractivity contribution < 1.29 is 29.7 Å². The predicted octanol–water partition coefficient (Wildman–Crippen LogP) is 0.539. The van der Waals surface area contributed by atoms with Gasteiger partial charge in [-0.2, -0.15) is 0 Å². The van der Waals surface area contributed by atoms with Crippen LogP contribution in [0, 0.1) is 0 Å². The van der Waals surface area contributed by atoms with E-state index in [9.17, 15) is 29.7 Å². The highest BCUT2D eigenvalue weighted by molar-refractivity contribution is 8.00. The Morgan fingerprint density at radius 1 is 1.29 bits per heavy atom. The highest BCUT2D eigenvalue weighted by Crippen LogP contribution is 2.26. The molecule has 0 bridgehead atoms. The number of amides is 1. The minimum absolute atomic E-state index is 0.00694. The van der Waals surface area contributed by atoms with Crippen LogP contribution in [-0.4, -0.2) is 50.3 Å². The smallest absolute Gasteiger partial charge is 0.352 e. The molecule has 0 unspecified atom stereocenters. The maximum absolute atomic E-state index is 12.4. The first kappa shape index (κ1) is 21.3. The van der Waals surface area contributed by atoms with E-state index in [4.69, 9.17) is 5.73 Å². The van der Waals surface area contributed by atoms with E-state index in [0.717, 1.165) is 0 Å². The summed E-state index contributed by atoms with van der Waals surface area (Å²) in [5, 5.41) is 32.4. The van der Waals surface area contributed by atoms with E-state index in [1.807, 2.05) is 0 Å². The molecule has 0 radical (unpaired) electrons. The molecule has 3 atom stereocenters. The number of carboxylic acid groups (broad SMARTS) is 2. The van der Waals surface area contributed by atoms with E-state index < -0.39 is 35.3 Å². The van der Waals surface area contributed by atoms with E-state index in [2.05, 4.69) is 10.6 Å². The van der Waals surface area contributed by atoms with Crippen LogP contribution >= 0.6 is 11.8 Å². The molecular formula is C18H21N3O6S. The van der Waals surface area contributed by atoms with Gasteiger partial charge in [0.25, 0.3) is 0 Å². The quantitative estimate of drug-likeness (QED) is 0.379. The lowest BCUT2D eigenvalue weighted by Gasteiger charge is -2.31. The SMILES string of the molecule is C/C=C\C1=C(C(=O)O)N[C@@H]([C@@H](NC(=O)[C@H](N)c2ccc(O)cc2)C(=O)O)SC1. The zero-order valence-corrected chi connectivity index (χ0v) is 15.8. The molecule has 150 valence electrons. The number of carbonyl (C=O) groups is 3. The number of aromatic hydroxyl groups is 1. The summed E-state index contributed by atoms with van der Waals surface area (Å²) < 4.78 is 0. The molecule has 2 rings (SSSR count). The largest absolute Gasteiger partial charge is 0.508 e. The molecule has 0 saturated carbocycles. The second-order valence-electron chi connectivity index (χ2n) is 5.98. The van der Waals surface area contributed by atoms with Gasteiger partial charge in [-0.15, -0.1) is 11.8 Å². The Morgan fingerprint density at radius 2 is 1.93 bits per heavy atom. The van der Waals surface area contributed by atoms with Gasteiger partial charge in [-0.05, 0) is 30.2 Å². The summed E-state index contributed by atoms with van der Waals surface area (Å²) in [5.41, 5.74) is 6.69. The van der Waals surface area contributed by atoms with Gasteiger partial charge in [-0.1, -0.05) is 24.3 Å². The van der Waals surface area contributed by atoms with Gasteiger partial charge >= 0.3 is 11.9 Å². The van der Waals surface area contributed by atoms with Gasteiger partial charge in [0.1, 0.15) is 22.9 Å². The second-order valence-corrected chi connectivity index (χ2v) is 7.10. The third-order valence-electron chi connectivity index (χ3n) is 4.01. The van der Waals surface area contributed by atoms with Crippen molar-refractivity contribution in [2.75, 3.05) is 5.75 Å². The molecule has 1 aromatic rings. The Balaban J connectivity index is 2.17. The van der Waals surface area contributed by atoms with Gasteiger partial charge in [0, 0.05) is 5.75 Å². The van der Waals surface area contributed by atoms with E-state index in [1.54, 1.807) is 19.1 Å². The number of rotatable bonds is 7. The number of hydrogen-bond acceptors (Lipinski definition) is 7. The third-order valence-corrected chi connectivity index (χ3v) is 5.24. The number of nitrogens with one attached hydrogen (secondary N) is 2. The second kappa shape index (κ2) is 9.29. The Morgan fingerprint density at radius 3 is 2.46 bits per heavy atom. The van der Waals surface area contributed by atoms with Crippen LogP contribution in [-0.2, 0) is 14.4 Å². The standard InChI is InChI=1S/C18H21N3O6S/c1-2-3-10-8-28-16(21-13(10)17(24)25)14(18(26)27)20-15(23)12(19)9-4-6-11(22)7-5-9/h2-7,12,14,16,21-22H,8,19H2,1H3,(H,20,23)(H,24,25)(H,26,27)/b3-2-/t12-,14-,16-/m1/s1. The number of carbonyl (C=O) groups excluding carboxylic acids is 1. The average molecular weight is 407 g/mol. The zero-order chi connectivity index (χ0) is 20.8. The van der Waals surface area contributed by atoms with Gasteiger partial charge in [-0.25, -0.2) is 9.59 Å². The molecule has 1 aromatic carbocycles. The number of nitrogens with two attached hydrogens (primary N) is 1. The monoisotopic (exact) mass is 407 g/mol. The van der Waals surface area contributed by atoms with Crippen LogP contribution in [0.4, 0.5) is 0 Å². The first-order valence-electron chi connectivity index (χ1n) is 8.29.